The monoisotopic (exact) mass is 235 g/mol. The molecule has 0 aliphatic carbocycles. The average Bonchev–Trinajstić information content (AvgIpc) is 2.78. The Morgan fingerprint density at radius 2 is 2.11 bits per heavy atom. The molecule has 0 unspecified atom stereocenters. The Hall–Kier alpha value is -2.34. The number of pyridine rings is 1. The highest BCUT2D eigenvalue weighted by atomic mass is 15.1. The summed E-state index contributed by atoms with van der Waals surface area (Å²) in [5.74, 6) is 3.72. The molecule has 0 saturated heterocycles. The fraction of sp³-hybridized carbons (Fsp3) is 0.200. The van der Waals surface area contributed by atoms with E-state index in [0.29, 0.717) is 6.54 Å². The van der Waals surface area contributed by atoms with Crippen LogP contribution in [0.1, 0.15) is 12.7 Å². The van der Waals surface area contributed by atoms with E-state index in [1.54, 1.807) is 0 Å². The van der Waals surface area contributed by atoms with Gasteiger partial charge in [-0.15, -0.1) is 6.42 Å². The van der Waals surface area contributed by atoms with Gasteiger partial charge < -0.3 is 4.57 Å². The van der Waals surface area contributed by atoms with Gasteiger partial charge in [-0.2, -0.15) is 0 Å². The zero-order valence-electron chi connectivity index (χ0n) is 10.2. The lowest BCUT2D eigenvalue weighted by Crippen LogP contribution is -2.01. The van der Waals surface area contributed by atoms with E-state index in [9.17, 15) is 0 Å². The molecule has 1 aromatic carbocycles. The van der Waals surface area contributed by atoms with Crippen molar-refractivity contribution in [2.24, 2.45) is 0 Å². The number of rotatable bonds is 2. The molecule has 18 heavy (non-hydrogen) atoms. The molecule has 0 saturated carbocycles. The molecule has 3 heteroatoms. The van der Waals surface area contributed by atoms with Crippen molar-refractivity contribution in [1.82, 2.24) is 14.5 Å². The molecule has 0 spiro atoms. The molecule has 88 valence electrons. The van der Waals surface area contributed by atoms with Crippen molar-refractivity contribution >= 4 is 21.9 Å². The summed E-state index contributed by atoms with van der Waals surface area (Å²) in [6, 6.07) is 8.08. The number of nitrogens with zero attached hydrogens (tertiary/aromatic N) is 3. The fourth-order valence-electron chi connectivity index (χ4n) is 2.34. The molecule has 0 radical (unpaired) electrons. The van der Waals surface area contributed by atoms with Crippen molar-refractivity contribution in [2.45, 2.75) is 19.9 Å². The topological polar surface area (TPSA) is 30.7 Å². The molecule has 2 heterocycles. The van der Waals surface area contributed by atoms with Crippen molar-refractivity contribution < 1.29 is 0 Å². The summed E-state index contributed by atoms with van der Waals surface area (Å²) >= 11 is 0. The molecule has 3 nitrogen and oxygen atoms in total. The minimum atomic E-state index is 0.549. The Kier molecular flexibility index (Phi) is 2.49. The number of aryl methyl sites for hydroxylation is 1. The third-order valence-corrected chi connectivity index (χ3v) is 3.12. The van der Waals surface area contributed by atoms with Crippen LogP contribution in [0.4, 0.5) is 0 Å². The third-order valence-electron chi connectivity index (χ3n) is 3.12. The Bertz CT molecular complexity index is 762. The smallest absolute Gasteiger partial charge is 0.110 e. The van der Waals surface area contributed by atoms with Gasteiger partial charge in [-0.1, -0.05) is 31.0 Å². The minimum Gasteiger partial charge on any atom is -0.316 e. The maximum Gasteiger partial charge on any atom is 0.110 e. The van der Waals surface area contributed by atoms with Gasteiger partial charge in [-0.3, -0.25) is 4.98 Å². The second-order valence-corrected chi connectivity index (χ2v) is 4.18. The Morgan fingerprint density at radius 1 is 1.28 bits per heavy atom. The third kappa shape index (κ3) is 1.46. The first-order valence-electron chi connectivity index (χ1n) is 6.01. The number of imidazole rings is 1. The SMILES string of the molecule is C#CCn1c(CC)nc2cnc3ccccc3c21. The Balaban J connectivity index is 2.48. The molecular formula is C15H13N3. The van der Waals surface area contributed by atoms with Crippen LogP contribution in [-0.2, 0) is 13.0 Å². The molecule has 2 aromatic heterocycles. The van der Waals surface area contributed by atoms with E-state index >= 15 is 0 Å². The van der Waals surface area contributed by atoms with Crippen LogP contribution >= 0.6 is 0 Å². The van der Waals surface area contributed by atoms with Crippen LogP contribution in [0.2, 0.25) is 0 Å². The Morgan fingerprint density at radius 3 is 2.89 bits per heavy atom. The first-order valence-corrected chi connectivity index (χ1v) is 6.01. The standard InChI is InChI=1S/C15H13N3/c1-3-9-18-14(4-2)17-13-10-16-12-8-6-5-7-11(12)15(13)18/h1,5-8,10H,4,9H2,2H3. The maximum atomic E-state index is 5.46. The van der Waals surface area contributed by atoms with Crippen molar-refractivity contribution in [2.75, 3.05) is 0 Å². The lowest BCUT2D eigenvalue weighted by Gasteiger charge is -2.05. The summed E-state index contributed by atoms with van der Waals surface area (Å²) < 4.78 is 2.11. The van der Waals surface area contributed by atoms with Crippen LogP contribution in [-0.4, -0.2) is 14.5 Å². The molecule has 0 fully saturated rings. The average molecular weight is 235 g/mol. The summed E-state index contributed by atoms with van der Waals surface area (Å²) in [4.78, 5) is 9.04. The summed E-state index contributed by atoms with van der Waals surface area (Å²) in [7, 11) is 0. The largest absolute Gasteiger partial charge is 0.316 e. The van der Waals surface area contributed by atoms with Gasteiger partial charge in [0.2, 0.25) is 0 Å². The van der Waals surface area contributed by atoms with Gasteiger partial charge in [0.15, 0.2) is 0 Å². The van der Waals surface area contributed by atoms with Gasteiger partial charge in [-0.25, -0.2) is 4.98 Å². The van der Waals surface area contributed by atoms with Crippen LogP contribution in [0.25, 0.3) is 21.9 Å². The van der Waals surface area contributed by atoms with E-state index in [4.69, 9.17) is 6.42 Å². The van der Waals surface area contributed by atoms with E-state index in [-0.39, 0.29) is 0 Å². The number of hydrogen-bond donors (Lipinski definition) is 0. The highest BCUT2D eigenvalue weighted by Gasteiger charge is 2.11. The maximum absolute atomic E-state index is 5.46. The van der Waals surface area contributed by atoms with Gasteiger partial charge >= 0.3 is 0 Å². The number of aromatic nitrogens is 3. The zero-order chi connectivity index (χ0) is 12.5. The minimum absolute atomic E-state index is 0.549. The predicted octanol–water partition coefficient (Wildman–Crippen LogP) is 2.78. The second kappa shape index (κ2) is 4.15. The fourth-order valence-corrected chi connectivity index (χ4v) is 2.34. The molecule has 0 aliphatic heterocycles. The summed E-state index contributed by atoms with van der Waals surface area (Å²) in [6.07, 6.45) is 8.15. The van der Waals surface area contributed by atoms with Crippen molar-refractivity contribution in [3.63, 3.8) is 0 Å². The normalized spacial score (nSPS) is 10.9. The lowest BCUT2D eigenvalue weighted by atomic mass is 10.2. The van der Waals surface area contributed by atoms with E-state index in [1.807, 2.05) is 24.4 Å². The number of benzene rings is 1. The Labute approximate surface area is 105 Å². The molecule has 3 aromatic rings. The number of para-hydroxylation sites is 1. The number of terminal acetylenes is 1. The van der Waals surface area contributed by atoms with E-state index in [1.165, 1.54) is 0 Å². The molecule has 3 rings (SSSR count). The lowest BCUT2D eigenvalue weighted by molar-refractivity contribution is 0.784. The molecule has 0 amide bonds. The van der Waals surface area contributed by atoms with E-state index in [0.717, 1.165) is 34.2 Å². The van der Waals surface area contributed by atoms with Crippen LogP contribution in [0.5, 0.6) is 0 Å². The van der Waals surface area contributed by atoms with Crippen molar-refractivity contribution in [3.05, 3.63) is 36.3 Å². The number of hydrogen-bond acceptors (Lipinski definition) is 2. The van der Waals surface area contributed by atoms with Gasteiger partial charge in [0.25, 0.3) is 0 Å². The summed E-state index contributed by atoms with van der Waals surface area (Å²) in [6.45, 7) is 2.64. The molecule has 0 bridgehead atoms. The zero-order valence-corrected chi connectivity index (χ0v) is 10.2. The molecule has 0 aliphatic rings. The van der Waals surface area contributed by atoms with Gasteiger partial charge in [0.05, 0.1) is 23.8 Å². The highest BCUT2D eigenvalue weighted by molar-refractivity contribution is 6.02. The highest BCUT2D eigenvalue weighted by Crippen LogP contribution is 2.24. The molecular weight excluding hydrogens is 222 g/mol. The first-order chi connectivity index (χ1) is 8.85. The quantitative estimate of drug-likeness (QED) is 0.639. The summed E-state index contributed by atoms with van der Waals surface area (Å²) in [5, 5.41) is 1.11. The first kappa shape index (κ1) is 10.8. The van der Waals surface area contributed by atoms with Crippen molar-refractivity contribution in [1.29, 1.82) is 0 Å². The second-order valence-electron chi connectivity index (χ2n) is 4.18. The van der Waals surface area contributed by atoms with Crippen molar-refractivity contribution in [3.8, 4) is 12.3 Å². The van der Waals surface area contributed by atoms with Crippen LogP contribution in [0.3, 0.4) is 0 Å². The molecule has 0 N–H and O–H groups in total. The van der Waals surface area contributed by atoms with E-state index in [2.05, 4.69) is 33.4 Å². The molecule has 0 atom stereocenters. The van der Waals surface area contributed by atoms with Crippen LogP contribution in [0, 0.1) is 12.3 Å². The van der Waals surface area contributed by atoms with Gasteiger partial charge in [0, 0.05) is 11.8 Å². The van der Waals surface area contributed by atoms with Crippen LogP contribution < -0.4 is 0 Å². The van der Waals surface area contributed by atoms with Gasteiger partial charge in [0.1, 0.15) is 11.3 Å². The van der Waals surface area contributed by atoms with Gasteiger partial charge in [-0.05, 0) is 6.07 Å². The predicted molar refractivity (Wildman–Crippen MR) is 73.2 cm³/mol. The summed E-state index contributed by atoms with van der Waals surface area (Å²) in [5.41, 5.74) is 2.99. The van der Waals surface area contributed by atoms with E-state index < -0.39 is 0 Å². The van der Waals surface area contributed by atoms with Crippen LogP contribution in [0.15, 0.2) is 30.5 Å². The number of fused-ring (bicyclic) bond motifs is 3.